The van der Waals surface area contributed by atoms with Crippen LogP contribution >= 0.6 is 11.3 Å². The second-order valence-electron chi connectivity index (χ2n) is 4.60. The van der Waals surface area contributed by atoms with Crippen molar-refractivity contribution in [2.24, 2.45) is 5.73 Å². The van der Waals surface area contributed by atoms with Crippen molar-refractivity contribution in [2.45, 2.75) is 25.4 Å². The molecule has 1 amide bonds. The molecule has 1 aromatic heterocycles. The van der Waals surface area contributed by atoms with Gasteiger partial charge in [0.2, 0.25) is 5.91 Å². The zero-order valence-electron chi connectivity index (χ0n) is 10.1. The van der Waals surface area contributed by atoms with Crippen molar-refractivity contribution in [3.05, 3.63) is 34.7 Å². The van der Waals surface area contributed by atoms with Gasteiger partial charge in [0.05, 0.1) is 0 Å². The number of benzene rings is 1. The number of carbonyl (C=O) groups excluding carboxylic acids is 1. The predicted molar refractivity (Wildman–Crippen MR) is 73.2 cm³/mol. The van der Waals surface area contributed by atoms with Gasteiger partial charge in [0.1, 0.15) is 6.04 Å². The highest BCUT2D eigenvalue weighted by atomic mass is 32.1. The van der Waals surface area contributed by atoms with Crippen LogP contribution in [0.2, 0.25) is 0 Å². The summed E-state index contributed by atoms with van der Waals surface area (Å²) in [6.45, 7) is 2.12. The summed E-state index contributed by atoms with van der Waals surface area (Å²) in [5.74, 6) is -0.304. The zero-order chi connectivity index (χ0) is 12.7. The van der Waals surface area contributed by atoms with Crippen molar-refractivity contribution >= 4 is 27.3 Å². The van der Waals surface area contributed by atoms with E-state index in [9.17, 15) is 4.79 Å². The van der Waals surface area contributed by atoms with Gasteiger partial charge >= 0.3 is 0 Å². The summed E-state index contributed by atoms with van der Waals surface area (Å²) in [4.78, 5) is 12.5. The molecule has 2 aromatic rings. The molecule has 2 unspecified atom stereocenters. The molecule has 4 N–H and O–H groups in total. The Kier molecular flexibility index (Phi) is 2.81. The topological polar surface area (TPSA) is 67.2 Å². The summed E-state index contributed by atoms with van der Waals surface area (Å²) in [5.41, 5.74) is 12.8. The Bertz CT molecular complexity index is 607. The number of hydrazine groups is 1. The van der Waals surface area contributed by atoms with E-state index in [1.807, 2.05) is 6.07 Å². The number of rotatable bonds is 2. The molecule has 18 heavy (non-hydrogen) atoms. The Balaban J connectivity index is 2.00. The molecular weight excluding hydrogens is 246 g/mol. The summed E-state index contributed by atoms with van der Waals surface area (Å²) in [6.07, 6.45) is 0.705. The van der Waals surface area contributed by atoms with Crippen molar-refractivity contribution in [3.63, 3.8) is 0 Å². The van der Waals surface area contributed by atoms with Gasteiger partial charge in [0.25, 0.3) is 0 Å². The number of amides is 1. The summed E-state index contributed by atoms with van der Waals surface area (Å²) >= 11 is 1.79. The monoisotopic (exact) mass is 261 g/mol. The maximum absolute atomic E-state index is 11.2. The van der Waals surface area contributed by atoms with E-state index in [1.165, 1.54) is 20.5 Å². The number of hydrogen-bond donors (Lipinski definition) is 3. The van der Waals surface area contributed by atoms with Gasteiger partial charge < -0.3 is 5.73 Å². The van der Waals surface area contributed by atoms with Gasteiger partial charge in [-0.25, -0.2) is 10.9 Å². The van der Waals surface area contributed by atoms with Crippen molar-refractivity contribution in [2.75, 3.05) is 0 Å². The summed E-state index contributed by atoms with van der Waals surface area (Å²) in [7, 11) is 0. The second-order valence-corrected chi connectivity index (χ2v) is 5.86. The Morgan fingerprint density at radius 2 is 2.17 bits per heavy atom. The molecule has 3 rings (SSSR count). The highest BCUT2D eigenvalue weighted by Crippen LogP contribution is 2.37. The van der Waals surface area contributed by atoms with Crippen LogP contribution in [0.15, 0.2) is 24.3 Å². The highest BCUT2D eigenvalue weighted by molar-refractivity contribution is 7.19. The first-order valence-electron chi connectivity index (χ1n) is 5.95. The number of carbonyl (C=O) groups is 1. The van der Waals surface area contributed by atoms with Crippen LogP contribution < -0.4 is 16.6 Å². The van der Waals surface area contributed by atoms with Crippen molar-refractivity contribution in [1.82, 2.24) is 10.9 Å². The van der Waals surface area contributed by atoms with Crippen molar-refractivity contribution < 1.29 is 4.79 Å². The summed E-state index contributed by atoms with van der Waals surface area (Å²) < 4.78 is 1.29. The first-order valence-corrected chi connectivity index (χ1v) is 6.77. The van der Waals surface area contributed by atoms with Gasteiger partial charge in [0.15, 0.2) is 0 Å². The number of hydrogen-bond acceptors (Lipinski definition) is 4. The predicted octanol–water partition coefficient (Wildman–Crippen LogP) is 1.60. The second kappa shape index (κ2) is 4.35. The summed E-state index contributed by atoms with van der Waals surface area (Å²) in [5, 5.41) is 1.27. The number of primary amides is 1. The van der Waals surface area contributed by atoms with Crippen molar-refractivity contribution in [1.29, 1.82) is 0 Å². The van der Waals surface area contributed by atoms with Crippen LogP contribution in [0.3, 0.4) is 0 Å². The Hall–Kier alpha value is -1.43. The van der Waals surface area contributed by atoms with Crippen molar-refractivity contribution in [3.8, 4) is 0 Å². The minimum Gasteiger partial charge on any atom is -0.368 e. The minimum absolute atomic E-state index is 0.152. The maximum Gasteiger partial charge on any atom is 0.235 e. The third kappa shape index (κ3) is 1.80. The largest absolute Gasteiger partial charge is 0.368 e. The van der Waals surface area contributed by atoms with Crippen LogP contribution in [0.4, 0.5) is 0 Å². The molecule has 1 aliphatic heterocycles. The molecule has 1 aliphatic rings. The number of fused-ring (bicyclic) bond motifs is 1. The third-order valence-electron chi connectivity index (χ3n) is 3.41. The van der Waals surface area contributed by atoms with Crippen LogP contribution in [-0.4, -0.2) is 11.9 Å². The normalized spacial score (nSPS) is 23.6. The van der Waals surface area contributed by atoms with Gasteiger partial charge in [-0.05, 0) is 30.4 Å². The number of thiophene rings is 1. The lowest BCUT2D eigenvalue weighted by atomic mass is 9.99. The molecule has 2 atom stereocenters. The lowest BCUT2D eigenvalue weighted by Crippen LogP contribution is -2.40. The van der Waals surface area contributed by atoms with Gasteiger partial charge in [0, 0.05) is 15.6 Å². The van der Waals surface area contributed by atoms with E-state index in [0.717, 1.165) is 0 Å². The van der Waals surface area contributed by atoms with Gasteiger partial charge in [-0.15, -0.1) is 11.3 Å². The molecule has 94 valence electrons. The highest BCUT2D eigenvalue weighted by Gasteiger charge is 2.31. The molecule has 0 spiro atoms. The molecule has 1 saturated heterocycles. The molecule has 0 bridgehead atoms. The van der Waals surface area contributed by atoms with Gasteiger partial charge in [-0.2, -0.15) is 0 Å². The number of nitrogens with two attached hydrogens (primary N) is 1. The van der Waals surface area contributed by atoms with Gasteiger partial charge in [-0.3, -0.25) is 4.79 Å². The van der Waals surface area contributed by atoms with Crippen LogP contribution in [-0.2, 0) is 4.79 Å². The smallest absolute Gasteiger partial charge is 0.235 e. The Morgan fingerprint density at radius 3 is 2.89 bits per heavy atom. The number of aryl methyl sites for hydroxylation is 1. The molecule has 0 radical (unpaired) electrons. The molecule has 0 saturated carbocycles. The lowest BCUT2D eigenvalue weighted by molar-refractivity contribution is -0.119. The first kappa shape index (κ1) is 11.6. The fourth-order valence-corrected chi connectivity index (χ4v) is 3.68. The average molecular weight is 261 g/mol. The van der Waals surface area contributed by atoms with E-state index >= 15 is 0 Å². The number of nitrogens with one attached hydrogen (secondary N) is 2. The average Bonchev–Trinajstić information content (AvgIpc) is 2.91. The molecule has 2 heterocycles. The molecule has 5 heteroatoms. The zero-order valence-corrected chi connectivity index (χ0v) is 10.9. The molecule has 1 aromatic carbocycles. The van der Waals surface area contributed by atoms with E-state index in [-0.39, 0.29) is 18.0 Å². The Labute approximate surface area is 109 Å². The molecule has 0 aliphatic carbocycles. The fourth-order valence-electron chi connectivity index (χ4n) is 2.55. The van der Waals surface area contributed by atoms with E-state index in [0.29, 0.717) is 6.42 Å². The molecule has 4 nitrogen and oxygen atoms in total. The van der Waals surface area contributed by atoms with E-state index in [2.05, 4.69) is 36.0 Å². The van der Waals surface area contributed by atoms with Crippen LogP contribution in [0.25, 0.3) is 10.1 Å². The van der Waals surface area contributed by atoms with Crippen LogP contribution in [0.5, 0.6) is 0 Å². The van der Waals surface area contributed by atoms with E-state index in [1.54, 1.807) is 11.3 Å². The van der Waals surface area contributed by atoms with Crippen LogP contribution in [0, 0.1) is 6.92 Å². The third-order valence-corrected chi connectivity index (χ3v) is 4.52. The standard InChI is InChI=1S/C13H15N3OS/c1-7-12(8-4-2-3-5-11(8)18-7)9-6-10(13(14)17)16-15-9/h2-5,9-10,15-16H,6H2,1H3,(H2,14,17). The summed E-state index contributed by atoms with van der Waals surface area (Å²) in [6, 6.07) is 8.23. The minimum atomic E-state index is -0.304. The first-order chi connectivity index (χ1) is 8.66. The van der Waals surface area contributed by atoms with E-state index in [4.69, 9.17) is 5.73 Å². The maximum atomic E-state index is 11.2. The Morgan fingerprint density at radius 1 is 1.39 bits per heavy atom. The fraction of sp³-hybridized carbons (Fsp3) is 0.308. The van der Waals surface area contributed by atoms with Gasteiger partial charge in [-0.1, -0.05) is 18.2 Å². The SMILES string of the molecule is Cc1sc2ccccc2c1C1CC(C(N)=O)NN1. The quantitative estimate of drug-likeness (QED) is 0.769. The molecule has 1 fully saturated rings. The van der Waals surface area contributed by atoms with E-state index < -0.39 is 0 Å². The lowest BCUT2D eigenvalue weighted by Gasteiger charge is -2.10. The van der Waals surface area contributed by atoms with Crippen LogP contribution in [0.1, 0.15) is 22.9 Å². The molecular formula is C13H15N3OS.